The van der Waals surface area contributed by atoms with Crippen LogP contribution in [0.1, 0.15) is 75.7 Å². The van der Waals surface area contributed by atoms with Crippen LogP contribution in [0.25, 0.3) is 6.08 Å². The Balaban J connectivity index is 1.41. The van der Waals surface area contributed by atoms with Gasteiger partial charge in [-0.2, -0.15) is 0 Å². The number of hydrogen-bond donors (Lipinski definition) is 1. The molecule has 1 amide bonds. The molecular formula is C38H50N2O4S. The fraction of sp³-hybridized carbons (Fsp3) is 0.421. The Kier molecular flexibility index (Phi) is 16.5. The van der Waals surface area contributed by atoms with E-state index in [0.717, 1.165) is 81.2 Å². The Labute approximate surface area is 274 Å². The number of benzene rings is 2. The van der Waals surface area contributed by atoms with Crippen LogP contribution in [0, 0.1) is 0 Å². The minimum atomic E-state index is -0.355. The summed E-state index contributed by atoms with van der Waals surface area (Å²) >= 11 is 1.67. The number of anilines is 1. The van der Waals surface area contributed by atoms with Gasteiger partial charge in [0.1, 0.15) is 0 Å². The van der Waals surface area contributed by atoms with Crippen LogP contribution in [0.15, 0.2) is 94.4 Å². The summed E-state index contributed by atoms with van der Waals surface area (Å²) in [4.78, 5) is 28.5. The first-order valence-corrected chi connectivity index (χ1v) is 17.0. The van der Waals surface area contributed by atoms with Gasteiger partial charge in [0.25, 0.3) is 5.91 Å². The van der Waals surface area contributed by atoms with E-state index in [0.29, 0.717) is 17.9 Å². The molecule has 0 aliphatic carbocycles. The van der Waals surface area contributed by atoms with E-state index in [1.807, 2.05) is 48.5 Å². The van der Waals surface area contributed by atoms with E-state index in [4.69, 9.17) is 9.47 Å². The van der Waals surface area contributed by atoms with E-state index in [9.17, 15) is 9.59 Å². The van der Waals surface area contributed by atoms with Crippen LogP contribution in [0.5, 0.6) is 0 Å². The number of amides is 1. The molecule has 0 bridgehead atoms. The van der Waals surface area contributed by atoms with Gasteiger partial charge >= 0.3 is 5.97 Å². The van der Waals surface area contributed by atoms with Crippen LogP contribution in [-0.2, 0) is 14.3 Å². The lowest BCUT2D eigenvalue weighted by Crippen LogP contribution is -2.37. The molecule has 0 atom stereocenters. The molecule has 2 aromatic carbocycles. The maximum absolute atomic E-state index is 13.1. The Bertz CT molecular complexity index is 1330. The number of nitrogens with one attached hydrogen (secondary N) is 1. The van der Waals surface area contributed by atoms with Crippen LogP contribution in [0.2, 0.25) is 0 Å². The number of hydrogen-bond acceptors (Lipinski definition) is 6. The Hall–Kier alpha value is -3.39. The van der Waals surface area contributed by atoms with E-state index in [1.54, 1.807) is 17.8 Å². The highest BCUT2D eigenvalue weighted by Crippen LogP contribution is 2.25. The summed E-state index contributed by atoms with van der Waals surface area (Å²) in [5.41, 5.74) is 6.40. The van der Waals surface area contributed by atoms with Crippen molar-refractivity contribution in [2.45, 2.75) is 64.7 Å². The van der Waals surface area contributed by atoms with Gasteiger partial charge in [0, 0.05) is 42.0 Å². The average Bonchev–Trinajstić information content (AvgIpc) is 3.03. The second-order valence-electron chi connectivity index (χ2n) is 11.7. The van der Waals surface area contributed by atoms with E-state index in [2.05, 4.69) is 56.1 Å². The molecule has 3 rings (SSSR count). The summed E-state index contributed by atoms with van der Waals surface area (Å²) in [5.74, 6) is 0.319. The topological polar surface area (TPSA) is 67.9 Å². The molecule has 1 aliphatic rings. The van der Waals surface area contributed by atoms with Crippen LogP contribution in [0.4, 0.5) is 5.69 Å². The van der Waals surface area contributed by atoms with Crippen molar-refractivity contribution in [2.75, 3.05) is 50.5 Å². The first kappa shape index (κ1) is 36.1. The van der Waals surface area contributed by atoms with Crippen LogP contribution < -0.4 is 5.32 Å². The minimum absolute atomic E-state index is 0.142. The molecule has 0 aromatic heterocycles. The molecule has 1 saturated heterocycles. The van der Waals surface area contributed by atoms with Gasteiger partial charge in [0.15, 0.2) is 0 Å². The maximum atomic E-state index is 13.1. The molecule has 0 spiro atoms. The van der Waals surface area contributed by atoms with Crippen LogP contribution in [0.3, 0.4) is 0 Å². The third kappa shape index (κ3) is 15.0. The third-order valence-electron chi connectivity index (χ3n) is 7.47. The Morgan fingerprint density at radius 1 is 0.911 bits per heavy atom. The zero-order valence-corrected chi connectivity index (χ0v) is 28.3. The lowest BCUT2D eigenvalue weighted by Gasteiger charge is -2.26. The predicted molar refractivity (Wildman–Crippen MR) is 189 cm³/mol. The third-order valence-corrected chi connectivity index (χ3v) is 8.47. The van der Waals surface area contributed by atoms with Crippen molar-refractivity contribution in [1.82, 2.24) is 4.90 Å². The van der Waals surface area contributed by atoms with E-state index >= 15 is 0 Å². The van der Waals surface area contributed by atoms with Crippen molar-refractivity contribution in [1.29, 1.82) is 0 Å². The smallest absolute Gasteiger partial charge is 0.330 e. The highest BCUT2D eigenvalue weighted by molar-refractivity contribution is 7.99. The van der Waals surface area contributed by atoms with Gasteiger partial charge in [-0.25, -0.2) is 4.79 Å². The number of morpholine rings is 1. The second-order valence-corrected chi connectivity index (χ2v) is 12.7. The number of carbonyl (C=O) groups is 2. The van der Waals surface area contributed by atoms with Gasteiger partial charge in [0.05, 0.1) is 25.4 Å². The summed E-state index contributed by atoms with van der Waals surface area (Å²) in [7, 11) is 0. The highest BCUT2D eigenvalue weighted by atomic mass is 32.2. The summed E-state index contributed by atoms with van der Waals surface area (Å²) in [6.45, 7) is 13.4. The zero-order valence-electron chi connectivity index (χ0n) is 27.5. The standard InChI is InChI=1S/C38H50N2O4S/c1-30(2)10-7-11-31(3)12-8-13-32(4)22-29-45-36-15-6-5-14-35(36)38(42)39-34-19-16-33(17-20-34)18-21-37(41)44-26-9-23-40-24-27-43-28-25-40/h5-6,10,12,14-22H,7-9,11,13,23-29H2,1-4H3,(H,39,42)/b21-18+,31-12+,32-22+. The molecule has 0 saturated carbocycles. The number of thioether (sulfide) groups is 1. The second kappa shape index (κ2) is 20.6. The number of rotatable bonds is 17. The molecule has 1 N–H and O–H groups in total. The molecule has 1 heterocycles. The molecule has 0 unspecified atom stereocenters. The molecule has 45 heavy (non-hydrogen) atoms. The van der Waals surface area contributed by atoms with Gasteiger partial charge < -0.3 is 14.8 Å². The average molecular weight is 631 g/mol. The molecule has 1 fully saturated rings. The van der Waals surface area contributed by atoms with E-state index < -0.39 is 0 Å². The van der Waals surface area contributed by atoms with Crippen LogP contribution in [-0.4, -0.2) is 62.0 Å². The van der Waals surface area contributed by atoms with Gasteiger partial charge in [-0.3, -0.25) is 9.69 Å². The number of nitrogens with zero attached hydrogens (tertiary/aromatic N) is 1. The van der Waals surface area contributed by atoms with Crippen LogP contribution >= 0.6 is 11.8 Å². The number of esters is 1. The number of ether oxygens (including phenoxy) is 2. The van der Waals surface area contributed by atoms with Crippen molar-refractivity contribution in [3.63, 3.8) is 0 Å². The van der Waals surface area contributed by atoms with Gasteiger partial charge in [0.2, 0.25) is 0 Å². The summed E-state index contributed by atoms with van der Waals surface area (Å²) in [5, 5.41) is 3.01. The minimum Gasteiger partial charge on any atom is -0.462 e. The van der Waals surface area contributed by atoms with Gasteiger partial charge in [-0.05, 0) is 95.7 Å². The molecule has 2 aromatic rings. The highest BCUT2D eigenvalue weighted by Gasteiger charge is 2.12. The van der Waals surface area contributed by atoms with Crippen molar-refractivity contribution in [2.24, 2.45) is 0 Å². The Morgan fingerprint density at radius 2 is 1.60 bits per heavy atom. The first-order chi connectivity index (χ1) is 21.8. The quantitative estimate of drug-likeness (QED) is 0.0620. The molecule has 7 heteroatoms. The largest absolute Gasteiger partial charge is 0.462 e. The van der Waals surface area contributed by atoms with E-state index in [-0.39, 0.29) is 11.9 Å². The zero-order chi connectivity index (χ0) is 32.3. The predicted octanol–water partition coefficient (Wildman–Crippen LogP) is 8.73. The summed E-state index contributed by atoms with van der Waals surface area (Å²) in [6.07, 6.45) is 15.2. The van der Waals surface area contributed by atoms with Crippen molar-refractivity contribution in [3.8, 4) is 0 Å². The number of allylic oxidation sites excluding steroid dienone is 5. The van der Waals surface area contributed by atoms with Crippen molar-refractivity contribution >= 4 is 35.4 Å². The monoisotopic (exact) mass is 630 g/mol. The molecule has 1 aliphatic heterocycles. The summed E-state index contributed by atoms with van der Waals surface area (Å²) < 4.78 is 10.7. The molecule has 0 radical (unpaired) electrons. The first-order valence-electron chi connectivity index (χ1n) is 16.0. The number of carbonyl (C=O) groups excluding carboxylic acids is 2. The van der Waals surface area contributed by atoms with Crippen molar-refractivity contribution < 1.29 is 19.1 Å². The SMILES string of the molecule is CC(C)=CCC/C(C)=C/CC/C(C)=C/CSc1ccccc1C(=O)Nc1ccc(/C=C/C(=O)OCCCN2CCOCC2)cc1. The van der Waals surface area contributed by atoms with E-state index in [1.165, 1.54) is 22.8 Å². The lowest BCUT2D eigenvalue weighted by atomic mass is 10.1. The van der Waals surface area contributed by atoms with Crippen molar-refractivity contribution in [3.05, 3.63) is 101 Å². The normalized spacial score (nSPS) is 14.4. The lowest BCUT2D eigenvalue weighted by molar-refractivity contribution is -0.137. The fourth-order valence-corrected chi connectivity index (χ4v) is 5.81. The fourth-order valence-electron chi connectivity index (χ4n) is 4.77. The Morgan fingerprint density at radius 3 is 2.33 bits per heavy atom. The summed E-state index contributed by atoms with van der Waals surface area (Å²) in [6, 6.07) is 15.1. The maximum Gasteiger partial charge on any atom is 0.330 e. The van der Waals surface area contributed by atoms with Gasteiger partial charge in [-0.1, -0.05) is 59.2 Å². The molecule has 6 nitrogen and oxygen atoms in total. The van der Waals surface area contributed by atoms with Gasteiger partial charge in [-0.15, -0.1) is 11.8 Å². The molecule has 242 valence electrons. The molecular weight excluding hydrogens is 580 g/mol.